The van der Waals surface area contributed by atoms with E-state index in [9.17, 15) is 24.3 Å². The molecule has 0 bridgehead atoms. The average Bonchev–Trinajstić information content (AvgIpc) is 0.755. The third-order valence-electron chi connectivity index (χ3n) is 22.2. The van der Waals surface area contributed by atoms with Crippen molar-refractivity contribution >= 4 is 128 Å². The highest BCUT2D eigenvalue weighted by atomic mass is 35.5. The summed E-state index contributed by atoms with van der Waals surface area (Å²) in [6.45, 7) is 9.29. The van der Waals surface area contributed by atoms with E-state index in [1.54, 1.807) is 54.8 Å². The van der Waals surface area contributed by atoms with Crippen molar-refractivity contribution < 1.29 is 66.0 Å². The van der Waals surface area contributed by atoms with Crippen LogP contribution in [0.1, 0.15) is 85.9 Å². The summed E-state index contributed by atoms with van der Waals surface area (Å²) in [5.41, 5.74) is 16.5. The molecule has 3 aliphatic carbocycles. The van der Waals surface area contributed by atoms with Gasteiger partial charge in [-0.1, -0.05) is 6.07 Å². The Kier molecular flexibility index (Phi) is 38.1. The number of Topliss-reactive ketones (excluding diaryl/α,β-unsaturated/α-hetero) is 2. The summed E-state index contributed by atoms with van der Waals surface area (Å²) in [5.74, 6) is 3.33. The lowest BCUT2D eigenvalue weighted by Gasteiger charge is -2.30. The molecule has 6 aromatic rings. The lowest BCUT2D eigenvalue weighted by molar-refractivity contribution is -0.255. The quantitative estimate of drug-likeness (QED) is 0.0221. The third-order valence-corrected chi connectivity index (χ3v) is 22.2. The fourth-order valence-corrected chi connectivity index (χ4v) is 15.4. The number of halogens is 3. The van der Waals surface area contributed by atoms with Gasteiger partial charge in [-0.05, 0) is 124 Å². The van der Waals surface area contributed by atoms with Crippen LogP contribution in [0.2, 0.25) is 0 Å². The molecule has 24 nitrogen and oxygen atoms in total. The minimum atomic E-state index is -1.37. The molecule has 1 amide bonds. The van der Waals surface area contributed by atoms with Gasteiger partial charge in [0.15, 0.2) is 0 Å². The number of amides is 1. The Bertz CT molecular complexity index is 5890. The summed E-state index contributed by atoms with van der Waals surface area (Å²) in [7, 11) is 38.2. The van der Waals surface area contributed by atoms with Crippen molar-refractivity contribution in [1.82, 2.24) is 19.0 Å². The SMILES string of the molecule is CCN(CCCC(=O)CCCOC)c1cc(OC)c(-c2c3ccc(=[N+](C)C)cc-3oc3cc(N(C)C)ccc23)cc1N(C)C.CCN(CCCC(=O)CCCOC)c1cc(OC)c(-c2c3ccc(=[N+](C)C)cc-3oc3cc(N(C)C)ccc23)cc1OC.COCCNC(=O)c1ccc(-c2c3ccc(=[N+](C)C)cc-3oc3cc(N(C)C)ccc23)c(C(=O)[O-])c1.Cl.Cl.Cl. The summed E-state index contributed by atoms with van der Waals surface area (Å²) >= 11 is 0. The number of hydrogen-bond donors (Lipinski definition) is 1. The highest BCUT2D eigenvalue weighted by molar-refractivity contribution is 6.10. The number of methoxy groups -OCH3 is 6. The summed E-state index contributed by atoms with van der Waals surface area (Å²) in [6, 6.07) is 50.1. The number of carboxylic acids is 1. The topological polar surface area (TPSA) is 227 Å². The Morgan fingerprint density at radius 2 is 0.746 bits per heavy atom. The third kappa shape index (κ3) is 24.2. The molecule has 0 spiro atoms. The molecule has 676 valence electrons. The molecule has 6 aliphatic rings. The number of rotatable bonds is 35. The van der Waals surface area contributed by atoms with Gasteiger partial charge in [-0.25, -0.2) is 13.7 Å². The summed E-state index contributed by atoms with van der Waals surface area (Å²) in [6.07, 6.45) is 5.36. The highest BCUT2D eigenvalue weighted by Crippen LogP contribution is 2.51. The first-order valence-electron chi connectivity index (χ1n) is 41.9. The molecular weight excluding hydrogens is 1660 g/mol. The van der Waals surface area contributed by atoms with Crippen molar-refractivity contribution in [1.29, 1.82) is 0 Å². The van der Waals surface area contributed by atoms with Crippen molar-refractivity contribution in [3.8, 4) is 84.6 Å². The molecule has 12 rings (SSSR count). The molecule has 0 fully saturated rings. The van der Waals surface area contributed by atoms with Crippen LogP contribution in [0.5, 0.6) is 17.2 Å². The number of carbonyl (C=O) groups excluding carboxylic acids is 4. The molecular formula is C99H127Cl3N10O14+2. The van der Waals surface area contributed by atoms with Crippen molar-refractivity contribution in [2.45, 2.75) is 65.2 Å². The summed E-state index contributed by atoms with van der Waals surface area (Å²) < 4.78 is 58.9. The molecule has 0 aromatic heterocycles. The van der Waals surface area contributed by atoms with Gasteiger partial charge in [-0.3, -0.25) is 14.4 Å². The van der Waals surface area contributed by atoms with Crippen molar-refractivity contribution in [2.24, 2.45) is 0 Å². The molecule has 27 heteroatoms. The summed E-state index contributed by atoms with van der Waals surface area (Å²) in [4.78, 5) is 62.5. The first kappa shape index (κ1) is 102. The number of hydrogen-bond acceptors (Lipinski definition) is 20. The van der Waals surface area contributed by atoms with E-state index in [0.29, 0.717) is 80.3 Å². The van der Waals surface area contributed by atoms with Crippen LogP contribution in [0.25, 0.3) is 100 Å². The summed E-state index contributed by atoms with van der Waals surface area (Å²) in [5, 5.41) is 20.8. The number of nitrogens with zero attached hydrogens (tertiary/aromatic N) is 9. The normalized spacial score (nSPS) is 10.9. The van der Waals surface area contributed by atoms with Crippen molar-refractivity contribution in [3.05, 3.63) is 179 Å². The fraction of sp³-hybridized carbons (Fsp3) is 0.384. The van der Waals surface area contributed by atoms with Gasteiger partial charge in [0.2, 0.25) is 16.1 Å². The molecule has 0 radical (unpaired) electrons. The first-order valence-corrected chi connectivity index (χ1v) is 41.9. The van der Waals surface area contributed by atoms with Gasteiger partial charge in [0.1, 0.15) is 105 Å². The number of ether oxygens (including phenoxy) is 6. The molecule has 3 heterocycles. The van der Waals surface area contributed by atoms with Crippen LogP contribution < -0.4 is 83.8 Å². The lowest BCUT2D eigenvalue weighted by atomic mass is 9.89. The van der Waals surface area contributed by atoms with E-state index in [1.165, 1.54) is 6.07 Å². The Morgan fingerprint density at radius 3 is 1.10 bits per heavy atom. The van der Waals surface area contributed by atoms with Crippen LogP contribution in [0.3, 0.4) is 0 Å². The maximum atomic E-state index is 12.6. The highest BCUT2D eigenvalue weighted by Gasteiger charge is 2.29. The Labute approximate surface area is 760 Å². The molecule has 0 saturated carbocycles. The van der Waals surface area contributed by atoms with E-state index in [0.717, 1.165) is 197 Å². The van der Waals surface area contributed by atoms with Gasteiger partial charge in [0.05, 0.1) is 69.2 Å². The predicted molar refractivity (Wildman–Crippen MR) is 520 cm³/mol. The molecule has 1 N–H and O–H groups in total. The van der Waals surface area contributed by atoms with E-state index in [1.807, 2.05) is 130 Å². The maximum absolute atomic E-state index is 12.6. The van der Waals surface area contributed by atoms with Crippen LogP contribution >= 0.6 is 37.2 Å². The molecule has 6 aromatic carbocycles. The largest absolute Gasteiger partial charge is 0.545 e. The van der Waals surface area contributed by atoms with Crippen molar-refractivity contribution in [3.63, 3.8) is 0 Å². The van der Waals surface area contributed by atoms with Crippen LogP contribution in [-0.2, 0) is 23.8 Å². The molecule has 0 saturated heterocycles. The Morgan fingerprint density at radius 1 is 0.381 bits per heavy atom. The van der Waals surface area contributed by atoms with E-state index in [4.69, 9.17) is 41.7 Å². The minimum absolute atomic E-state index is 0. The average molecular weight is 1790 g/mol. The van der Waals surface area contributed by atoms with E-state index < -0.39 is 5.97 Å². The maximum Gasteiger partial charge on any atom is 0.251 e. The molecule has 126 heavy (non-hydrogen) atoms. The molecule has 0 atom stereocenters. The number of carboxylic acid groups (broad SMARTS) is 1. The minimum Gasteiger partial charge on any atom is -0.545 e. The second kappa shape index (κ2) is 47.3. The second-order valence-electron chi connectivity index (χ2n) is 32.0. The van der Waals surface area contributed by atoms with E-state index in [-0.39, 0.29) is 60.0 Å². The number of ketones is 2. The van der Waals surface area contributed by atoms with Gasteiger partial charge in [0, 0.05) is 287 Å². The predicted octanol–water partition coefficient (Wildman–Crippen LogP) is 15.2. The van der Waals surface area contributed by atoms with Crippen LogP contribution in [0.15, 0.2) is 165 Å². The number of benzene rings is 9. The van der Waals surface area contributed by atoms with Gasteiger partial charge in [0.25, 0.3) is 5.91 Å². The lowest BCUT2D eigenvalue weighted by Crippen LogP contribution is -2.28. The van der Waals surface area contributed by atoms with Gasteiger partial charge in [-0.15, -0.1) is 37.2 Å². The number of carbonyl (C=O) groups is 4. The van der Waals surface area contributed by atoms with Crippen molar-refractivity contribution in [2.75, 3.05) is 223 Å². The van der Waals surface area contributed by atoms with Gasteiger partial charge < -0.3 is 86.3 Å². The standard InChI is InChI=1S/C36H49N4O4.C35H46N3O5.C28H29N3O5.3ClH/c1-10-40(19-11-13-27(41)14-12-20-42-8)32-24-33(43-9)30(23-31(32)39(6)7)36-28-17-15-25(37(2)3)21-34(28)44-35-22-26(38(4)5)16-18-29(35)36;1-9-38(18-10-12-26(39)13-11-19-40-6)30-23-31(41-7)29(22-34(30)42-8)35-27-16-14-24(36(2)3)20-32(27)43-33-21-25(37(4)5)15-17-28(33)35;1-30(2)18-7-10-21-24(15-18)36-25-16-19(31(3)4)8-11-22(25)26(21)20-9-6-17(14-23(20)28(33)34)27(32)29-12-13-35-5;;;/h15-18,21-24H,10-14,19-20H2,1-9H3;14-17,20-23H,9-13,18-19H2,1-8H3;6-11,14-16H,12-13H2,1-5H3,(H-,29,32,33,34);3*1H/q2*+1;;;;. The van der Waals surface area contributed by atoms with Gasteiger partial charge >= 0.3 is 0 Å². The Balaban J connectivity index is 0.000000258. The van der Waals surface area contributed by atoms with Crippen LogP contribution in [0, 0.1) is 0 Å². The van der Waals surface area contributed by atoms with Gasteiger partial charge in [-0.2, -0.15) is 0 Å². The second-order valence-corrected chi connectivity index (χ2v) is 32.0. The monoisotopic (exact) mass is 1780 g/mol. The Hall–Kier alpha value is -11.4. The number of fused-ring (bicyclic) bond motifs is 6. The molecule has 3 aliphatic heterocycles. The number of anilines is 6. The zero-order valence-corrected chi connectivity index (χ0v) is 79.7. The first-order chi connectivity index (χ1) is 59.0. The van der Waals surface area contributed by atoms with Crippen LogP contribution in [-0.4, -0.2) is 217 Å². The zero-order chi connectivity index (χ0) is 89.0. The number of aromatic carboxylic acids is 1. The van der Waals surface area contributed by atoms with E-state index >= 15 is 0 Å². The van der Waals surface area contributed by atoms with Crippen LogP contribution in [0.4, 0.5) is 34.1 Å². The smallest absolute Gasteiger partial charge is 0.251 e. The molecule has 0 unspecified atom stereocenters. The fourth-order valence-electron chi connectivity index (χ4n) is 15.4. The zero-order valence-electron chi connectivity index (χ0n) is 77.2. The van der Waals surface area contributed by atoms with E-state index in [2.05, 4.69) is 164 Å². The number of nitrogens with one attached hydrogen (secondary N) is 1.